The lowest BCUT2D eigenvalue weighted by Gasteiger charge is -2.26. The van der Waals surface area contributed by atoms with Gasteiger partial charge in [0.2, 0.25) is 5.91 Å². The molecular weight excluding hydrogens is 280 g/mol. The first-order valence-corrected chi connectivity index (χ1v) is 8.13. The van der Waals surface area contributed by atoms with E-state index in [4.69, 9.17) is 9.47 Å². The van der Waals surface area contributed by atoms with Gasteiger partial charge in [0.25, 0.3) is 0 Å². The minimum Gasteiger partial charge on any atom is -0.486 e. The normalized spacial score (nSPS) is 19.5. The highest BCUT2D eigenvalue weighted by atomic mass is 16.6. The Bertz CT molecular complexity index is 527. The highest BCUT2D eigenvalue weighted by Crippen LogP contribution is 2.32. The van der Waals surface area contributed by atoms with Gasteiger partial charge in [0.15, 0.2) is 11.5 Å². The lowest BCUT2D eigenvalue weighted by molar-refractivity contribution is -0.123. The third-order valence-electron chi connectivity index (χ3n) is 4.26. The molecule has 1 N–H and O–H groups in total. The number of ether oxygens (including phenoxy) is 2. The Hall–Kier alpha value is -1.75. The lowest BCUT2D eigenvalue weighted by atomic mass is 10.1. The second kappa shape index (κ2) is 7.01. The van der Waals surface area contributed by atoms with Gasteiger partial charge in [-0.3, -0.25) is 9.69 Å². The molecule has 1 atom stereocenters. The first-order valence-electron chi connectivity index (χ1n) is 8.13. The van der Waals surface area contributed by atoms with Crippen LogP contribution in [0.15, 0.2) is 18.2 Å². The van der Waals surface area contributed by atoms with Crippen molar-refractivity contribution in [2.45, 2.75) is 32.2 Å². The Morgan fingerprint density at radius 3 is 2.68 bits per heavy atom. The molecule has 1 aromatic carbocycles. The standard InChI is InChI=1S/C17H24N2O3/c1-13(18-17(20)12-19-7-3-2-4-8-19)14-5-6-15-16(11-14)22-10-9-21-15/h5-6,11,13H,2-4,7-10,12H2,1H3,(H,18,20)/t13-/m0/s1. The van der Waals surface area contributed by atoms with Crippen molar-refractivity contribution < 1.29 is 14.3 Å². The van der Waals surface area contributed by atoms with Crippen molar-refractivity contribution in [2.24, 2.45) is 0 Å². The maximum atomic E-state index is 12.2. The Kier molecular flexibility index (Phi) is 4.83. The molecule has 2 aliphatic heterocycles. The number of hydrogen-bond acceptors (Lipinski definition) is 4. The smallest absolute Gasteiger partial charge is 0.234 e. The molecule has 0 saturated carbocycles. The summed E-state index contributed by atoms with van der Waals surface area (Å²) in [4.78, 5) is 14.4. The predicted molar refractivity (Wildman–Crippen MR) is 84.3 cm³/mol. The summed E-state index contributed by atoms with van der Waals surface area (Å²) in [6.07, 6.45) is 3.68. The van der Waals surface area contributed by atoms with Crippen LogP contribution in [0.5, 0.6) is 11.5 Å². The number of benzene rings is 1. The van der Waals surface area contributed by atoms with Gasteiger partial charge in [0.1, 0.15) is 13.2 Å². The third kappa shape index (κ3) is 3.71. The summed E-state index contributed by atoms with van der Waals surface area (Å²) in [6, 6.07) is 5.82. The van der Waals surface area contributed by atoms with Gasteiger partial charge in [-0.1, -0.05) is 12.5 Å². The van der Waals surface area contributed by atoms with Gasteiger partial charge in [0, 0.05) is 0 Å². The van der Waals surface area contributed by atoms with Crippen LogP contribution < -0.4 is 14.8 Å². The number of carbonyl (C=O) groups is 1. The Balaban J connectivity index is 1.56. The summed E-state index contributed by atoms with van der Waals surface area (Å²) in [6.45, 7) is 5.73. The molecular formula is C17H24N2O3. The van der Waals surface area contributed by atoms with Crippen molar-refractivity contribution in [1.82, 2.24) is 10.2 Å². The summed E-state index contributed by atoms with van der Waals surface area (Å²) in [5, 5.41) is 3.07. The summed E-state index contributed by atoms with van der Waals surface area (Å²) in [7, 11) is 0. The number of nitrogens with zero attached hydrogens (tertiary/aromatic N) is 1. The molecule has 1 saturated heterocycles. The van der Waals surface area contributed by atoms with Gasteiger partial charge in [-0.15, -0.1) is 0 Å². The number of rotatable bonds is 4. The second-order valence-electron chi connectivity index (χ2n) is 6.03. The molecule has 0 spiro atoms. The fourth-order valence-electron chi connectivity index (χ4n) is 3.02. The summed E-state index contributed by atoms with van der Waals surface area (Å²) in [5.41, 5.74) is 1.04. The van der Waals surface area contributed by atoms with E-state index in [-0.39, 0.29) is 11.9 Å². The van der Waals surface area contributed by atoms with Crippen molar-refractivity contribution in [3.63, 3.8) is 0 Å². The molecule has 0 radical (unpaired) electrons. The van der Waals surface area contributed by atoms with Crippen molar-refractivity contribution >= 4 is 5.91 Å². The molecule has 2 aliphatic rings. The maximum Gasteiger partial charge on any atom is 0.234 e. The van der Waals surface area contributed by atoms with E-state index in [1.807, 2.05) is 25.1 Å². The van der Waals surface area contributed by atoms with E-state index in [1.165, 1.54) is 19.3 Å². The number of carbonyl (C=O) groups excluding carboxylic acids is 1. The lowest BCUT2D eigenvalue weighted by Crippen LogP contribution is -2.40. The zero-order valence-corrected chi connectivity index (χ0v) is 13.1. The zero-order chi connectivity index (χ0) is 15.4. The van der Waals surface area contributed by atoms with E-state index in [0.29, 0.717) is 19.8 Å². The minimum atomic E-state index is -0.0342. The molecule has 5 heteroatoms. The monoisotopic (exact) mass is 304 g/mol. The van der Waals surface area contributed by atoms with Crippen molar-refractivity contribution in [3.8, 4) is 11.5 Å². The van der Waals surface area contributed by atoms with E-state index in [0.717, 1.165) is 30.2 Å². The van der Waals surface area contributed by atoms with Crippen LogP contribution in [-0.2, 0) is 4.79 Å². The summed E-state index contributed by atoms with van der Waals surface area (Å²) >= 11 is 0. The van der Waals surface area contributed by atoms with Crippen LogP contribution in [0, 0.1) is 0 Å². The van der Waals surface area contributed by atoms with Gasteiger partial charge in [-0.05, 0) is 50.6 Å². The Morgan fingerprint density at radius 2 is 1.91 bits per heavy atom. The number of hydrogen-bond donors (Lipinski definition) is 1. The first-order chi connectivity index (χ1) is 10.7. The van der Waals surface area contributed by atoms with Crippen LogP contribution in [0.3, 0.4) is 0 Å². The molecule has 0 aliphatic carbocycles. The van der Waals surface area contributed by atoms with Crippen LogP contribution in [-0.4, -0.2) is 43.7 Å². The first kappa shape index (κ1) is 15.2. The number of nitrogens with one attached hydrogen (secondary N) is 1. The Labute approximate surface area is 131 Å². The van der Waals surface area contributed by atoms with Crippen molar-refractivity contribution in [1.29, 1.82) is 0 Å². The molecule has 1 amide bonds. The van der Waals surface area contributed by atoms with Gasteiger partial charge in [0.05, 0.1) is 12.6 Å². The van der Waals surface area contributed by atoms with Crippen LogP contribution in [0.4, 0.5) is 0 Å². The SMILES string of the molecule is C[C@H](NC(=O)CN1CCCCC1)c1ccc2c(c1)OCCO2. The summed E-state index contributed by atoms with van der Waals surface area (Å²) in [5.74, 6) is 1.63. The molecule has 3 rings (SSSR count). The number of piperidine rings is 1. The van der Waals surface area contributed by atoms with E-state index in [2.05, 4.69) is 10.2 Å². The van der Waals surface area contributed by atoms with E-state index in [1.54, 1.807) is 0 Å². The number of amides is 1. The molecule has 0 bridgehead atoms. The minimum absolute atomic E-state index is 0.0342. The molecule has 120 valence electrons. The van der Waals surface area contributed by atoms with Crippen molar-refractivity contribution in [2.75, 3.05) is 32.8 Å². The second-order valence-corrected chi connectivity index (χ2v) is 6.03. The fourth-order valence-corrected chi connectivity index (χ4v) is 3.02. The molecule has 1 aromatic rings. The Morgan fingerprint density at radius 1 is 1.18 bits per heavy atom. The average Bonchev–Trinajstić information content (AvgIpc) is 2.55. The largest absolute Gasteiger partial charge is 0.486 e. The predicted octanol–water partition coefficient (Wildman–Crippen LogP) is 2.12. The zero-order valence-electron chi connectivity index (χ0n) is 13.1. The van der Waals surface area contributed by atoms with Crippen LogP contribution in [0.1, 0.15) is 37.8 Å². The molecule has 0 unspecified atom stereocenters. The molecule has 1 fully saturated rings. The number of likely N-dealkylation sites (tertiary alicyclic amines) is 1. The van der Waals surface area contributed by atoms with Crippen LogP contribution in [0.2, 0.25) is 0 Å². The molecule has 22 heavy (non-hydrogen) atoms. The molecule has 0 aromatic heterocycles. The average molecular weight is 304 g/mol. The number of fused-ring (bicyclic) bond motifs is 1. The van der Waals surface area contributed by atoms with Gasteiger partial charge < -0.3 is 14.8 Å². The highest BCUT2D eigenvalue weighted by Gasteiger charge is 2.18. The fraction of sp³-hybridized carbons (Fsp3) is 0.588. The van der Waals surface area contributed by atoms with E-state index < -0.39 is 0 Å². The maximum absolute atomic E-state index is 12.2. The van der Waals surface area contributed by atoms with Gasteiger partial charge in [-0.25, -0.2) is 0 Å². The van der Waals surface area contributed by atoms with E-state index >= 15 is 0 Å². The third-order valence-corrected chi connectivity index (χ3v) is 4.26. The van der Waals surface area contributed by atoms with Crippen molar-refractivity contribution in [3.05, 3.63) is 23.8 Å². The van der Waals surface area contributed by atoms with Crippen LogP contribution >= 0.6 is 0 Å². The molecule has 5 nitrogen and oxygen atoms in total. The van der Waals surface area contributed by atoms with Crippen LogP contribution in [0.25, 0.3) is 0 Å². The highest BCUT2D eigenvalue weighted by molar-refractivity contribution is 5.78. The van der Waals surface area contributed by atoms with E-state index in [9.17, 15) is 4.79 Å². The topological polar surface area (TPSA) is 50.8 Å². The van der Waals surface area contributed by atoms with Gasteiger partial charge in [-0.2, -0.15) is 0 Å². The quantitative estimate of drug-likeness (QED) is 0.926. The summed E-state index contributed by atoms with van der Waals surface area (Å²) < 4.78 is 11.1. The molecule has 2 heterocycles. The van der Waals surface area contributed by atoms with Gasteiger partial charge >= 0.3 is 0 Å².